The van der Waals surface area contributed by atoms with Gasteiger partial charge in [0.15, 0.2) is 0 Å². The minimum Gasteiger partial charge on any atom is -0.341 e. The Bertz CT molecular complexity index is 741. The van der Waals surface area contributed by atoms with Gasteiger partial charge in [0.1, 0.15) is 11.6 Å². The van der Waals surface area contributed by atoms with Crippen molar-refractivity contribution in [2.75, 3.05) is 39.0 Å². The molecule has 3 rings (SSSR count). The Morgan fingerprint density at radius 2 is 1.92 bits per heavy atom. The average molecular weight is 385 g/mol. The summed E-state index contributed by atoms with van der Waals surface area (Å²) < 4.78 is 26.7. The topological polar surface area (TPSA) is 100 Å². The lowest BCUT2D eigenvalue weighted by molar-refractivity contribution is -0.131. The van der Waals surface area contributed by atoms with Crippen LogP contribution in [0.5, 0.6) is 0 Å². The van der Waals surface area contributed by atoms with Crippen LogP contribution in [0.3, 0.4) is 0 Å². The number of hydrogen-bond acceptors (Lipinski definition) is 6. The van der Waals surface area contributed by atoms with Gasteiger partial charge in [-0.15, -0.1) is 10.2 Å². The number of hydrogen-bond donors (Lipinski definition) is 1. The highest BCUT2D eigenvalue weighted by atomic mass is 32.2. The molecule has 26 heavy (non-hydrogen) atoms. The third-order valence-electron chi connectivity index (χ3n) is 5.19. The van der Waals surface area contributed by atoms with E-state index in [2.05, 4.69) is 24.4 Å². The van der Waals surface area contributed by atoms with Gasteiger partial charge in [-0.25, -0.2) is 13.1 Å². The summed E-state index contributed by atoms with van der Waals surface area (Å²) >= 11 is 0. The van der Waals surface area contributed by atoms with Gasteiger partial charge >= 0.3 is 0 Å². The maximum absolute atomic E-state index is 12.3. The second kappa shape index (κ2) is 8.01. The molecule has 1 aromatic heterocycles. The van der Waals surface area contributed by atoms with Crippen LogP contribution in [0.2, 0.25) is 0 Å². The number of nitrogens with one attached hydrogen (secondary N) is 1. The van der Waals surface area contributed by atoms with Gasteiger partial charge in [0.2, 0.25) is 15.9 Å². The Morgan fingerprint density at radius 1 is 1.19 bits per heavy atom. The molecule has 2 saturated heterocycles. The summed E-state index contributed by atoms with van der Waals surface area (Å²) in [6, 6.07) is 0. The molecule has 1 N–H and O–H groups in total. The lowest BCUT2D eigenvalue weighted by Gasteiger charge is -2.32. The van der Waals surface area contributed by atoms with E-state index in [0.29, 0.717) is 13.1 Å². The number of carbonyl (C=O) groups is 1. The highest BCUT2D eigenvalue weighted by Crippen LogP contribution is 2.26. The summed E-state index contributed by atoms with van der Waals surface area (Å²) in [5, 5.41) is 8.77. The smallest absolute Gasteiger partial charge is 0.237 e. The first-order chi connectivity index (χ1) is 12.3. The minimum atomic E-state index is -3.37. The molecule has 0 aromatic carbocycles. The number of piperidine rings is 1. The summed E-state index contributed by atoms with van der Waals surface area (Å²) in [7, 11) is -1.37. The molecular weight excluding hydrogens is 356 g/mol. The molecule has 2 aliphatic rings. The fourth-order valence-corrected chi connectivity index (χ4v) is 4.11. The molecule has 1 atom stereocenters. The third kappa shape index (κ3) is 4.80. The SMILES string of the molecule is Cn1c(CN2CCCC2)nnc1[C@@H]1CCCN(C(=O)CNS(C)(=O)=O)C1. The predicted octanol–water partition coefficient (Wildman–Crippen LogP) is -0.334. The van der Waals surface area contributed by atoms with Gasteiger partial charge in [-0.1, -0.05) is 0 Å². The molecule has 0 bridgehead atoms. The van der Waals surface area contributed by atoms with Gasteiger partial charge in [0, 0.05) is 26.1 Å². The molecule has 146 valence electrons. The van der Waals surface area contributed by atoms with Crippen molar-refractivity contribution in [2.45, 2.75) is 38.1 Å². The van der Waals surface area contributed by atoms with Crippen LogP contribution in [0.15, 0.2) is 0 Å². The zero-order valence-electron chi connectivity index (χ0n) is 15.5. The van der Waals surface area contributed by atoms with Crippen LogP contribution >= 0.6 is 0 Å². The molecule has 0 unspecified atom stereocenters. The van der Waals surface area contributed by atoms with Gasteiger partial charge in [-0.2, -0.15) is 0 Å². The molecule has 0 aliphatic carbocycles. The molecule has 0 radical (unpaired) electrons. The van der Waals surface area contributed by atoms with Crippen molar-refractivity contribution in [2.24, 2.45) is 7.05 Å². The first kappa shape index (κ1) is 19.2. The highest BCUT2D eigenvalue weighted by Gasteiger charge is 2.29. The number of aromatic nitrogens is 3. The molecule has 9 nitrogen and oxygen atoms in total. The lowest BCUT2D eigenvalue weighted by atomic mass is 9.97. The van der Waals surface area contributed by atoms with Crippen molar-refractivity contribution in [3.63, 3.8) is 0 Å². The second-order valence-corrected chi connectivity index (χ2v) is 9.12. The summed E-state index contributed by atoms with van der Waals surface area (Å²) in [4.78, 5) is 16.4. The fourth-order valence-electron chi connectivity index (χ4n) is 3.73. The average Bonchev–Trinajstić information content (AvgIpc) is 3.23. The van der Waals surface area contributed by atoms with Crippen LogP contribution in [-0.4, -0.2) is 77.9 Å². The molecule has 1 amide bonds. The molecule has 2 fully saturated rings. The number of rotatable bonds is 6. The quantitative estimate of drug-likeness (QED) is 0.721. The largest absolute Gasteiger partial charge is 0.341 e. The Labute approximate surface area is 154 Å². The molecule has 1 aromatic rings. The molecule has 0 saturated carbocycles. The van der Waals surface area contributed by atoms with E-state index in [-0.39, 0.29) is 18.4 Å². The van der Waals surface area contributed by atoms with E-state index >= 15 is 0 Å². The van der Waals surface area contributed by atoms with E-state index in [1.807, 2.05) is 7.05 Å². The lowest BCUT2D eigenvalue weighted by Crippen LogP contribution is -2.44. The van der Waals surface area contributed by atoms with E-state index in [1.54, 1.807) is 4.90 Å². The van der Waals surface area contributed by atoms with Crippen LogP contribution in [0.4, 0.5) is 0 Å². The van der Waals surface area contributed by atoms with E-state index < -0.39 is 10.0 Å². The van der Waals surface area contributed by atoms with E-state index in [9.17, 15) is 13.2 Å². The van der Waals surface area contributed by atoms with Gasteiger partial charge in [-0.05, 0) is 38.8 Å². The van der Waals surface area contributed by atoms with Crippen molar-refractivity contribution in [3.8, 4) is 0 Å². The zero-order chi connectivity index (χ0) is 18.7. The molecule has 3 heterocycles. The van der Waals surface area contributed by atoms with Gasteiger partial charge in [-0.3, -0.25) is 9.69 Å². The van der Waals surface area contributed by atoms with Crippen molar-refractivity contribution >= 4 is 15.9 Å². The van der Waals surface area contributed by atoms with Gasteiger partial charge in [0.05, 0.1) is 19.3 Å². The summed E-state index contributed by atoms with van der Waals surface area (Å²) in [5.41, 5.74) is 0. The predicted molar refractivity (Wildman–Crippen MR) is 96.9 cm³/mol. The first-order valence-corrected chi connectivity index (χ1v) is 11.1. The van der Waals surface area contributed by atoms with E-state index in [1.165, 1.54) is 12.8 Å². The first-order valence-electron chi connectivity index (χ1n) is 9.16. The Kier molecular flexibility index (Phi) is 5.93. The molecular formula is C16H28N6O3S. The van der Waals surface area contributed by atoms with Crippen molar-refractivity contribution in [1.29, 1.82) is 0 Å². The van der Waals surface area contributed by atoms with E-state index in [0.717, 1.165) is 50.4 Å². The normalized spacial score (nSPS) is 22.1. The molecule has 10 heteroatoms. The Balaban J connectivity index is 1.62. The Hall–Kier alpha value is -1.52. The van der Waals surface area contributed by atoms with Crippen LogP contribution in [0.1, 0.15) is 43.3 Å². The number of likely N-dealkylation sites (tertiary alicyclic amines) is 2. The zero-order valence-corrected chi connectivity index (χ0v) is 16.3. The van der Waals surface area contributed by atoms with Crippen LogP contribution < -0.4 is 4.72 Å². The molecule has 2 aliphatic heterocycles. The molecule has 0 spiro atoms. The number of carbonyl (C=O) groups excluding carboxylic acids is 1. The standard InChI is InChI=1S/C16H28N6O3S/c1-20-14(12-21-7-3-4-8-21)18-19-16(20)13-6-5-9-22(11-13)15(23)10-17-26(2,24)25/h13,17H,3-12H2,1-2H3/t13-/m1/s1. The number of nitrogens with zero attached hydrogens (tertiary/aromatic N) is 5. The maximum atomic E-state index is 12.3. The van der Waals surface area contributed by atoms with Crippen LogP contribution in [0.25, 0.3) is 0 Å². The maximum Gasteiger partial charge on any atom is 0.237 e. The van der Waals surface area contributed by atoms with Crippen molar-refractivity contribution in [3.05, 3.63) is 11.6 Å². The Morgan fingerprint density at radius 3 is 2.62 bits per heavy atom. The van der Waals surface area contributed by atoms with Gasteiger partial charge in [0.25, 0.3) is 0 Å². The van der Waals surface area contributed by atoms with E-state index in [4.69, 9.17) is 0 Å². The number of amides is 1. The van der Waals surface area contributed by atoms with Crippen LogP contribution in [0, 0.1) is 0 Å². The minimum absolute atomic E-state index is 0.135. The summed E-state index contributed by atoms with van der Waals surface area (Å²) in [6.45, 7) is 4.06. The summed E-state index contributed by atoms with van der Waals surface area (Å²) in [5.74, 6) is 1.81. The van der Waals surface area contributed by atoms with Gasteiger partial charge < -0.3 is 9.47 Å². The van der Waals surface area contributed by atoms with Crippen molar-refractivity contribution < 1.29 is 13.2 Å². The summed E-state index contributed by atoms with van der Waals surface area (Å²) in [6.07, 6.45) is 5.38. The number of sulfonamides is 1. The second-order valence-electron chi connectivity index (χ2n) is 7.29. The monoisotopic (exact) mass is 384 g/mol. The van der Waals surface area contributed by atoms with Crippen LogP contribution in [-0.2, 0) is 28.4 Å². The highest BCUT2D eigenvalue weighted by molar-refractivity contribution is 7.88. The fraction of sp³-hybridized carbons (Fsp3) is 0.812. The van der Waals surface area contributed by atoms with Crippen molar-refractivity contribution in [1.82, 2.24) is 29.3 Å². The third-order valence-corrected chi connectivity index (χ3v) is 5.86.